The van der Waals surface area contributed by atoms with E-state index in [4.69, 9.17) is 10.5 Å². The number of nitrogens with zero attached hydrogens (tertiary/aromatic N) is 3. The Labute approximate surface area is 173 Å². The number of H-pyrrole nitrogens is 1. The number of hydrogen-bond acceptors (Lipinski definition) is 6. The highest BCUT2D eigenvalue weighted by atomic mass is 16.5. The standard InChI is InChI=1S/C21H22N6O3/c22-18(28)14-4-8-16(9-5-14)30-17-10-6-15(7-11-17)19(29)23-20-24-21(26-25-20)27-12-2-1-3-13-27/h4-11H,1-3,12-13H2,(H2,22,28)(H2,23,24,25,26,29). The third-order valence-electron chi connectivity index (χ3n) is 4.84. The topological polar surface area (TPSA) is 126 Å². The minimum absolute atomic E-state index is 0.297. The molecular weight excluding hydrogens is 384 g/mol. The van der Waals surface area contributed by atoms with Gasteiger partial charge < -0.3 is 15.4 Å². The van der Waals surface area contributed by atoms with Gasteiger partial charge in [0, 0.05) is 24.2 Å². The van der Waals surface area contributed by atoms with E-state index < -0.39 is 5.91 Å². The molecule has 4 N–H and O–H groups in total. The number of carbonyl (C=O) groups is 2. The zero-order valence-electron chi connectivity index (χ0n) is 16.3. The zero-order chi connectivity index (χ0) is 20.9. The molecule has 0 unspecified atom stereocenters. The van der Waals surface area contributed by atoms with Crippen molar-refractivity contribution < 1.29 is 14.3 Å². The van der Waals surface area contributed by atoms with Crippen molar-refractivity contribution in [3.05, 3.63) is 59.7 Å². The number of amides is 2. The highest BCUT2D eigenvalue weighted by Gasteiger charge is 2.16. The van der Waals surface area contributed by atoms with Crippen molar-refractivity contribution in [3.63, 3.8) is 0 Å². The predicted octanol–water partition coefficient (Wildman–Crippen LogP) is 2.94. The summed E-state index contributed by atoms with van der Waals surface area (Å²) in [5, 5.41) is 9.68. The number of aromatic nitrogens is 3. The van der Waals surface area contributed by atoms with Gasteiger partial charge in [0.1, 0.15) is 11.5 Å². The summed E-state index contributed by atoms with van der Waals surface area (Å²) in [6.45, 7) is 1.86. The third-order valence-corrected chi connectivity index (χ3v) is 4.84. The molecule has 0 radical (unpaired) electrons. The number of nitrogens with two attached hydrogens (primary N) is 1. The highest BCUT2D eigenvalue weighted by molar-refractivity contribution is 6.03. The van der Waals surface area contributed by atoms with E-state index in [2.05, 4.69) is 25.4 Å². The zero-order valence-corrected chi connectivity index (χ0v) is 16.3. The summed E-state index contributed by atoms with van der Waals surface area (Å²) in [5.74, 6) is 1.25. The molecular formula is C21H22N6O3. The molecule has 9 heteroatoms. The van der Waals surface area contributed by atoms with Crippen molar-refractivity contribution in [1.29, 1.82) is 0 Å². The van der Waals surface area contributed by atoms with Gasteiger partial charge in [0.05, 0.1) is 0 Å². The van der Waals surface area contributed by atoms with Crippen LogP contribution < -0.4 is 20.7 Å². The van der Waals surface area contributed by atoms with Crippen LogP contribution in [0.3, 0.4) is 0 Å². The fraction of sp³-hybridized carbons (Fsp3) is 0.238. The molecule has 1 aromatic heterocycles. The number of piperidine rings is 1. The lowest BCUT2D eigenvalue weighted by atomic mass is 10.1. The van der Waals surface area contributed by atoms with Crippen LogP contribution in [0.25, 0.3) is 0 Å². The lowest BCUT2D eigenvalue weighted by Gasteiger charge is -2.24. The maximum atomic E-state index is 12.5. The van der Waals surface area contributed by atoms with Gasteiger partial charge in [-0.25, -0.2) is 5.10 Å². The van der Waals surface area contributed by atoms with Crippen LogP contribution in [0.15, 0.2) is 48.5 Å². The first-order chi connectivity index (χ1) is 14.6. The Morgan fingerprint density at radius 2 is 1.53 bits per heavy atom. The third kappa shape index (κ3) is 4.57. The smallest absolute Gasteiger partial charge is 0.258 e. The molecule has 0 atom stereocenters. The number of rotatable bonds is 6. The van der Waals surface area contributed by atoms with Crippen LogP contribution in [0.2, 0.25) is 0 Å². The monoisotopic (exact) mass is 406 g/mol. The number of nitrogens with one attached hydrogen (secondary N) is 2. The molecule has 30 heavy (non-hydrogen) atoms. The highest BCUT2D eigenvalue weighted by Crippen LogP contribution is 2.22. The van der Waals surface area contributed by atoms with Gasteiger partial charge in [-0.05, 0) is 67.8 Å². The van der Waals surface area contributed by atoms with Crippen molar-refractivity contribution in [2.75, 3.05) is 23.3 Å². The number of primary amides is 1. The van der Waals surface area contributed by atoms with Crippen LogP contribution >= 0.6 is 0 Å². The van der Waals surface area contributed by atoms with Crippen LogP contribution in [0.4, 0.5) is 11.9 Å². The van der Waals surface area contributed by atoms with Gasteiger partial charge in [-0.15, -0.1) is 5.10 Å². The van der Waals surface area contributed by atoms with Gasteiger partial charge in [0.2, 0.25) is 17.8 Å². The van der Waals surface area contributed by atoms with Crippen molar-refractivity contribution in [3.8, 4) is 11.5 Å². The maximum Gasteiger partial charge on any atom is 0.258 e. The van der Waals surface area contributed by atoms with Gasteiger partial charge >= 0.3 is 0 Å². The van der Waals surface area contributed by atoms with Crippen molar-refractivity contribution in [2.24, 2.45) is 5.73 Å². The van der Waals surface area contributed by atoms with Crippen LogP contribution in [-0.4, -0.2) is 40.1 Å². The molecule has 0 spiro atoms. The van der Waals surface area contributed by atoms with Gasteiger partial charge in [0.15, 0.2) is 0 Å². The number of hydrogen-bond donors (Lipinski definition) is 3. The number of carbonyl (C=O) groups excluding carboxylic acids is 2. The first-order valence-corrected chi connectivity index (χ1v) is 9.75. The van der Waals surface area contributed by atoms with Gasteiger partial charge in [-0.2, -0.15) is 4.98 Å². The van der Waals surface area contributed by atoms with E-state index >= 15 is 0 Å². The second-order valence-electron chi connectivity index (χ2n) is 7.00. The molecule has 0 aliphatic carbocycles. The minimum atomic E-state index is -0.494. The molecule has 3 aromatic rings. The molecule has 0 bridgehead atoms. The molecule has 4 rings (SSSR count). The average Bonchev–Trinajstić information content (AvgIpc) is 3.24. The normalized spacial score (nSPS) is 13.7. The van der Waals surface area contributed by atoms with E-state index in [1.54, 1.807) is 48.5 Å². The van der Waals surface area contributed by atoms with Crippen LogP contribution in [0.5, 0.6) is 11.5 Å². The van der Waals surface area contributed by atoms with Gasteiger partial charge in [-0.3, -0.25) is 14.9 Å². The Kier molecular flexibility index (Phi) is 5.60. The first-order valence-electron chi connectivity index (χ1n) is 9.75. The summed E-state index contributed by atoms with van der Waals surface area (Å²) < 4.78 is 5.72. The van der Waals surface area contributed by atoms with E-state index in [1.807, 2.05) is 0 Å². The second-order valence-corrected chi connectivity index (χ2v) is 7.00. The maximum absolute atomic E-state index is 12.5. The first kappa shape index (κ1) is 19.4. The summed E-state index contributed by atoms with van der Waals surface area (Å²) in [4.78, 5) is 30.1. The molecule has 2 heterocycles. The molecule has 2 amide bonds. The minimum Gasteiger partial charge on any atom is -0.457 e. The molecule has 154 valence electrons. The molecule has 0 saturated carbocycles. The quantitative estimate of drug-likeness (QED) is 0.578. The molecule has 1 saturated heterocycles. The SMILES string of the molecule is NC(=O)c1ccc(Oc2ccc(C(=O)Nc3nc(N4CCCCC4)n[nH]3)cc2)cc1. The van der Waals surface area contributed by atoms with Gasteiger partial charge in [0.25, 0.3) is 5.91 Å². The average molecular weight is 406 g/mol. The van der Waals surface area contributed by atoms with E-state index in [-0.39, 0.29) is 5.91 Å². The molecule has 1 aliphatic heterocycles. The molecule has 2 aromatic carbocycles. The fourth-order valence-corrected chi connectivity index (χ4v) is 3.22. The molecule has 1 aliphatic rings. The Bertz CT molecular complexity index is 1020. The summed E-state index contributed by atoms with van der Waals surface area (Å²) >= 11 is 0. The molecule has 1 fully saturated rings. The lowest BCUT2D eigenvalue weighted by molar-refractivity contribution is 0.0997. The Morgan fingerprint density at radius 3 is 2.13 bits per heavy atom. The van der Waals surface area contributed by atoms with Crippen molar-refractivity contribution in [2.45, 2.75) is 19.3 Å². The summed E-state index contributed by atoms with van der Waals surface area (Å²) in [6.07, 6.45) is 3.47. The second kappa shape index (κ2) is 8.64. The summed E-state index contributed by atoms with van der Waals surface area (Å²) in [5.41, 5.74) is 6.09. The fourth-order valence-electron chi connectivity index (χ4n) is 3.22. The Balaban J connectivity index is 1.36. The summed E-state index contributed by atoms with van der Waals surface area (Å²) in [6, 6.07) is 13.2. The van der Waals surface area contributed by atoms with Crippen molar-refractivity contribution >= 4 is 23.7 Å². The van der Waals surface area contributed by atoms with E-state index in [0.717, 1.165) is 25.9 Å². The van der Waals surface area contributed by atoms with Crippen LogP contribution in [0.1, 0.15) is 40.0 Å². The number of benzene rings is 2. The number of ether oxygens (including phenoxy) is 1. The van der Waals surface area contributed by atoms with Gasteiger partial charge in [-0.1, -0.05) is 0 Å². The van der Waals surface area contributed by atoms with Crippen LogP contribution in [0, 0.1) is 0 Å². The molecule has 9 nitrogen and oxygen atoms in total. The number of aromatic amines is 1. The van der Waals surface area contributed by atoms with E-state index in [0.29, 0.717) is 34.5 Å². The van der Waals surface area contributed by atoms with Crippen molar-refractivity contribution in [1.82, 2.24) is 15.2 Å². The lowest BCUT2D eigenvalue weighted by Crippen LogP contribution is -2.30. The summed E-state index contributed by atoms with van der Waals surface area (Å²) in [7, 11) is 0. The predicted molar refractivity (Wildman–Crippen MR) is 112 cm³/mol. The van der Waals surface area contributed by atoms with E-state index in [1.165, 1.54) is 6.42 Å². The number of anilines is 2. The Hall–Kier alpha value is -3.88. The Morgan fingerprint density at radius 1 is 0.933 bits per heavy atom. The van der Waals surface area contributed by atoms with E-state index in [9.17, 15) is 9.59 Å². The largest absolute Gasteiger partial charge is 0.457 e. The van der Waals surface area contributed by atoms with Crippen LogP contribution in [-0.2, 0) is 0 Å².